The van der Waals surface area contributed by atoms with Crippen LogP contribution >= 0.6 is 0 Å². The van der Waals surface area contributed by atoms with Crippen LogP contribution in [-0.2, 0) is 0 Å². The van der Waals surface area contributed by atoms with Gasteiger partial charge < -0.3 is 16.2 Å². The molecule has 1 aliphatic rings. The summed E-state index contributed by atoms with van der Waals surface area (Å²) in [5.74, 6) is -1.47. The highest BCUT2D eigenvalue weighted by Gasteiger charge is 2.49. The highest BCUT2D eigenvalue weighted by atomic mass is 19.1. The minimum atomic E-state index is -0.854. The Balaban J connectivity index is 1.38. The fraction of sp³-hybridized carbons (Fsp3) is 0.240. The number of aromatic nitrogens is 3. The van der Waals surface area contributed by atoms with Gasteiger partial charge in [-0.15, -0.1) is 5.10 Å². The van der Waals surface area contributed by atoms with Gasteiger partial charge in [0.25, 0.3) is 5.91 Å². The normalized spacial score (nSPS) is 15.3. The largest absolute Gasteiger partial charge is 0.388 e. The first-order chi connectivity index (χ1) is 16.3. The number of hydrogen-bond donors (Lipinski definition) is 3. The summed E-state index contributed by atoms with van der Waals surface area (Å²) in [6.07, 6.45) is 2.18. The van der Waals surface area contributed by atoms with E-state index in [1.165, 1.54) is 28.8 Å². The van der Waals surface area contributed by atoms with E-state index < -0.39 is 23.2 Å². The average molecular weight is 463 g/mol. The summed E-state index contributed by atoms with van der Waals surface area (Å²) in [5.41, 5.74) is 7.37. The van der Waals surface area contributed by atoms with Gasteiger partial charge in [-0.1, -0.05) is 24.3 Å². The molecule has 1 atom stereocenters. The minimum absolute atomic E-state index is 0.0505. The summed E-state index contributed by atoms with van der Waals surface area (Å²) >= 11 is 0. The van der Waals surface area contributed by atoms with Crippen molar-refractivity contribution in [3.8, 4) is 11.1 Å². The Morgan fingerprint density at radius 1 is 1.21 bits per heavy atom. The van der Waals surface area contributed by atoms with Crippen LogP contribution in [0.15, 0.2) is 54.7 Å². The van der Waals surface area contributed by atoms with Crippen molar-refractivity contribution >= 4 is 17.5 Å². The highest BCUT2D eigenvalue weighted by Crippen LogP contribution is 2.54. The summed E-state index contributed by atoms with van der Waals surface area (Å²) in [7, 11) is 0. The molecule has 1 amide bonds. The molecule has 0 bridgehead atoms. The number of pyridine rings is 1. The molecule has 0 radical (unpaired) electrons. The van der Waals surface area contributed by atoms with Gasteiger partial charge in [0.05, 0.1) is 11.7 Å². The first-order valence-electron chi connectivity index (χ1n) is 10.9. The molecule has 2 heterocycles. The Morgan fingerprint density at radius 2 is 1.94 bits per heavy atom. The Bertz CT molecular complexity index is 1400. The molecule has 9 heteroatoms. The Kier molecular flexibility index (Phi) is 5.28. The topological polar surface area (TPSA) is 106 Å². The molecule has 2 aromatic carbocycles. The molecular weight excluding hydrogens is 440 g/mol. The molecule has 7 nitrogen and oxygen atoms in total. The second-order valence-electron chi connectivity index (χ2n) is 8.81. The molecule has 4 aromatic rings. The number of carbonyl (C=O) groups is 1. The molecule has 2 aromatic heterocycles. The van der Waals surface area contributed by atoms with Crippen molar-refractivity contribution in [3.63, 3.8) is 0 Å². The van der Waals surface area contributed by atoms with Gasteiger partial charge in [0.1, 0.15) is 11.6 Å². The number of nitrogens with zero attached hydrogens (tertiary/aromatic N) is 3. The molecular formula is C25H23F2N5O2. The number of halogens is 2. The highest BCUT2D eigenvalue weighted by molar-refractivity contribution is 5.97. The van der Waals surface area contributed by atoms with Gasteiger partial charge in [-0.3, -0.25) is 4.79 Å². The summed E-state index contributed by atoms with van der Waals surface area (Å²) in [6, 6.07) is 12.3. The van der Waals surface area contributed by atoms with Gasteiger partial charge in [-0.2, -0.15) is 4.98 Å². The zero-order chi connectivity index (χ0) is 24.0. The fourth-order valence-corrected chi connectivity index (χ4v) is 4.29. The number of nitrogens with two attached hydrogens (primary N) is 1. The Morgan fingerprint density at radius 3 is 2.65 bits per heavy atom. The Labute approximate surface area is 194 Å². The van der Waals surface area contributed by atoms with E-state index in [-0.39, 0.29) is 29.4 Å². The van der Waals surface area contributed by atoms with Crippen molar-refractivity contribution < 1.29 is 18.7 Å². The number of rotatable bonds is 6. The lowest BCUT2D eigenvalue weighted by atomic mass is 9.92. The number of nitrogen functional groups attached to an aromatic ring is 1. The molecule has 0 saturated heterocycles. The maximum absolute atomic E-state index is 15.6. The molecule has 1 saturated carbocycles. The quantitative estimate of drug-likeness (QED) is 0.403. The van der Waals surface area contributed by atoms with E-state index in [0.717, 1.165) is 0 Å². The zero-order valence-corrected chi connectivity index (χ0v) is 18.4. The number of hydrogen-bond acceptors (Lipinski definition) is 5. The summed E-state index contributed by atoms with van der Waals surface area (Å²) < 4.78 is 30.3. The number of anilines is 1. The molecule has 5 rings (SSSR count). The lowest BCUT2D eigenvalue weighted by molar-refractivity contribution is 0.0805. The first kappa shape index (κ1) is 22.0. The molecule has 1 fully saturated rings. The van der Waals surface area contributed by atoms with Crippen molar-refractivity contribution in [2.45, 2.75) is 25.9 Å². The van der Waals surface area contributed by atoms with Crippen molar-refractivity contribution in [3.05, 3.63) is 83.1 Å². The van der Waals surface area contributed by atoms with Gasteiger partial charge >= 0.3 is 0 Å². The number of aliphatic hydroxyl groups is 1. The molecule has 4 N–H and O–H groups in total. The second-order valence-corrected chi connectivity index (χ2v) is 8.81. The number of fused-ring (bicyclic) bond motifs is 1. The molecule has 0 unspecified atom stereocenters. The lowest BCUT2D eigenvalue weighted by Gasteiger charge is -2.23. The van der Waals surface area contributed by atoms with Crippen LogP contribution in [0.4, 0.5) is 14.7 Å². The minimum Gasteiger partial charge on any atom is -0.388 e. The van der Waals surface area contributed by atoms with E-state index in [9.17, 15) is 14.3 Å². The number of nitrogens with one attached hydrogen (secondary N) is 1. The predicted octanol–water partition coefficient (Wildman–Crippen LogP) is 3.81. The standard InChI is InChI=1S/C25H23F2N5O2/c1-14-2-7-18(16-8-11-32-19(12-16)30-24(28)31-32)21(27)20(14)23(34)29-13-25(9-10-25)22(33)15-3-5-17(26)6-4-15/h2-8,11-12,22,33H,9-10,13H2,1H3,(H2,28,31)(H,29,34)/t22-/m1/s1. The number of benzene rings is 2. The van der Waals surface area contributed by atoms with E-state index in [1.54, 1.807) is 37.4 Å². The monoisotopic (exact) mass is 463 g/mol. The van der Waals surface area contributed by atoms with Crippen LogP contribution in [0.1, 0.15) is 40.4 Å². The Hall–Kier alpha value is -3.85. The van der Waals surface area contributed by atoms with E-state index in [1.807, 2.05) is 0 Å². The molecule has 0 spiro atoms. The molecule has 34 heavy (non-hydrogen) atoms. The van der Waals surface area contributed by atoms with Gasteiger partial charge in [0.2, 0.25) is 5.95 Å². The van der Waals surface area contributed by atoms with Gasteiger partial charge in [0.15, 0.2) is 5.65 Å². The summed E-state index contributed by atoms with van der Waals surface area (Å²) in [4.78, 5) is 17.1. The molecule has 0 aliphatic heterocycles. The van der Waals surface area contributed by atoms with E-state index in [4.69, 9.17) is 5.73 Å². The third-order valence-electron chi connectivity index (χ3n) is 6.50. The van der Waals surface area contributed by atoms with Crippen molar-refractivity contribution in [1.29, 1.82) is 0 Å². The van der Waals surface area contributed by atoms with Crippen LogP contribution in [0.3, 0.4) is 0 Å². The number of aliphatic hydroxyl groups excluding tert-OH is 1. The van der Waals surface area contributed by atoms with Crippen LogP contribution < -0.4 is 11.1 Å². The lowest BCUT2D eigenvalue weighted by Crippen LogP contribution is -2.34. The smallest absolute Gasteiger partial charge is 0.254 e. The van der Waals surface area contributed by atoms with Crippen LogP contribution in [-0.4, -0.2) is 32.2 Å². The summed E-state index contributed by atoms with van der Waals surface area (Å²) in [6.45, 7) is 1.85. The maximum Gasteiger partial charge on any atom is 0.254 e. The number of amides is 1. The van der Waals surface area contributed by atoms with Gasteiger partial charge in [-0.25, -0.2) is 13.3 Å². The first-order valence-corrected chi connectivity index (χ1v) is 10.9. The van der Waals surface area contributed by atoms with Crippen LogP contribution in [0, 0.1) is 24.0 Å². The third kappa shape index (κ3) is 3.88. The predicted molar refractivity (Wildman–Crippen MR) is 123 cm³/mol. The van der Waals surface area contributed by atoms with Crippen molar-refractivity contribution in [2.24, 2.45) is 5.41 Å². The van der Waals surface area contributed by atoms with E-state index in [2.05, 4.69) is 15.4 Å². The number of carbonyl (C=O) groups excluding carboxylic acids is 1. The second kappa shape index (κ2) is 8.18. The maximum atomic E-state index is 15.6. The van der Waals surface area contributed by atoms with Crippen molar-refractivity contribution in [2.75, 3.05) is 12.3 Å². The average Bonchev–Trinajstić information content (AvgIpc) is 3.51. The fourth-order valence-electron chi connectivity index (χ4n) is 4.29. The van der Waals surface area contributed by atoms with Crippen LogP contribution in [0.2, 0.25) is 0 Å². The van der Waals surface area contributed by atoms with Gasteiger partial charge in [-0.05, 0) is 60.7 Å². The third-order valence-corrected chi connectivity index (χ3v) is 6.50. The van der Waals surface area contributed by atoms with Gasteiger partial charge in [0, 0.05) is 23.7 Å². The molecule has 174 valence electrons. The molecule has 1 aliphatic carbocycles. The van der Waals surface area contributed by atoms with Crippen LogP contribution in [0.25, 0.3) is 16.8 Å². The zero-order valence-electron chi connectivity index (χ0n) is 18.4. The SMILES string of the molecule is Cc1ccc(-c2ccn3nc(N)nc3c2)c(F)c1C(=O)NCC1([C@H](O)c2ccc(F)cc2)CC1. The van der Waals surface area contributed by atoms with Crippen LogP contribution in [0.5, 0.6) is 0 Å². The summed E-state index contributed by atoms with van der Waals surface area (Å²) in [5, 5.41) is 17.6. The number of aryl methyl sites for hydroxylation is 1. The van der Waals surface area contributed by atoms with E-state index >= 15 is 4.39 Å². The van der Waals surface area contributed by atoms with Crippen molar-refractivity contribution in [1.82, 2.24) is 19.9 Å². The van der Waals surface area contributed by atoms with E-state index in [0.29, 0.717) is 35.2 Å².